The Balaban J connectivity index is 2.65. The largest absolute Gasteiger partial charge is 0.480 e. The lowest BCUT2D eigenvalue weighted by atomic mass is 9.87. The van der Waals surface area contributed by atoms with Crippen molar-refractivity contribution in [2.45, 2.75) is 39.8 Å². The monoisotopic (exact) mass is 318 g/mol. The third-order valence-electron chi connectivity index (χ3n) is 2.76. The first kappa shape index (κ1) is 16.8. The summed E-state index contributed by atoms with van der Waals surface area (Å²) in [5, 5.41) is 14.3. The topological polar surface area (TPSA) is 78.4 Å². The molecule has 0 aromatic carbocycles. The zero-order valence-corrected chi connectivity index (χ0v) is 13.4. The second-order valence-corrected chi connectivity index (χ2v) is 7.37. The molecule has 2 amide bonds. The number of aliphatic carboxylic acids is 1. The van der Waals surface area contributed by atoms with Crippen LogP contribution >= 0.6 is 22.9 Å². The third-order valence-corrected chi connectivity index (χ3v) is 4.17. The van der Waals surface area contributed by atoms with Gasteiger partial charge >= 0.3 is 12.0 Å². The zero-order valence-electron chi connectivity index (χ0n) is 11.9. The van der Waals surface area contributed by atoms with Gasteiger partial charge in [0.15, 0.2) is 0 Å². The van der Waals surface area contributed by atoms with Crippen LogP contribution in [0.3, 0.4) is 0 Å². The van der Waals surface area contributed by atoms with Crippen molar-refractivity contribution in [2.75, 3.05) is 0 Å². The summed E-state index contributed by atoms with van der Waals surface area (Å²) < 4.78 is 0.646. The number of thiophene rings is 1. The average Bonchev–Trinajstić information content (AvgIpc) is 2.70. The van der Waals surface area contributed by atoms with Crippen LogP contribution < -0.4 is 10.6 Å². The van der Waals surface area contributed by atoms with Gasteiger partial charge in [0, 0.05) is 4.88 Å². The molecule has 0 aliphatic heterocycles. The van der Waals surface area contributed by atoms with Crippen molar-refractivity contribution in [2.24, 2.45) is 5.41 Å². The van der Waals surface area contributed by atoms with Gasteiger partial charge in [-0.1, -0.05) is 32.4 Å². The summed E-state index contributed by atoms with van der Waals surface area (Å²) in [6, 6.07) is 1.89. The van der Waals surface area contributed by atoms with E-state index in [2.05, 4.69) is 10.6 Å². The van der Waals surface area contributed by atoms with Crippen LogP contribution in [-0.4, -0.2) is 23.1 Å². The average molecular weight is 319 g/mol. The molecule has 0 radical (unpaired) electrons. The summed E-state index contributed by atoms with van der Waals surface area (Å²) >= 11 is 7.21. The Kier molecular flexibility index (Phi) is 5.42. The van der Waals surface area contributed by atoms with Crippen molar-refractivity contribution in [1.29, 1.82) is 0 Å². The number of hydrogen-bond donors (Lipinski definition) is 3. The fourth-order valence-electron chi connectivity index (χ4n) is 1.65. The number of carbonyl (C=O) groups is 2. The van der Waals surface area contributed by atoms with Gasteiger partial charge in [0.1, 0.15) is 6.04 Å². The standard InChI is InChI=1S/C13H19ClN2O3S/c1-7(8-5-6-9(14)20-8)15-12(19)16-10(11(17)18)13(2,3)4/h5-7,10H,1-4H3,(H,17,18)(H2,15,16,19)/t7?,10-/m0/s1. The molecule has 0 aliphatic rings. The van der Waals surface area contributed by atoms with Gasteiger partial charge in [0.2, 0.25) is 0 Å². The predicted octanol–water partition coefficient (Wildman–Crippen LogP) is 3.26. The number of carbonyl (C=O) groups excluding carboxylic acids is 1. The second-order valence-electron chi connectivity index (χ2n) is 5.62. The number of halogens is 1. The highest BCUT2D eigenvalue weighted by Crippen LogP contribution is 2.26. The maximum absolute atomic E-state index is 11.9. The van der Waals surface area contributed by atoms with Gasteiger partial charge in [0.25, 0.3) is 0 Å². The minimum absolute atomic E-state index is 0.234. The molecule has 112 valence electrons. The molecule has 0 saturated heterocycles. The van der Waals surface area contributed by atoms with Gasteiger partial charge in [-0.3, -0.25) is 0 Å². The highest BCUT2D eigenvalue weighted by molar-refractivity contribution is 7.16. The Hall–Kier alpha value is -1.27. The quantitative estimate of drug-likeness (QED) is 0.797. The van der Waals surface area contributed by atoms with E-state index in [1.165, 1.54) is 11.3 Å². The van der Waals surface area contributed by atoms with E-state index in [0.29, 0.717) is 4.34 Å². The summed E-state index contributed by atoms with van der Waals surface area (Å²) in [4.78, 5) is 24.0. The van der Waals surface area contributed by atoms with E-state index in [0.717, 1.165) is 4.88 Å². The molecule has 5 nitrogen and oxygen atoms in total. The minimum atomic E-state index is -1.06. The van der Waals surface area contributed by atoms with E-state index in [9.17, 15) is 9.59 Å². The molecular weight excluding hydrogens is 300 g/mol. The molecule has 1 rings (SSSR count). The molecule has 1 heterocycles. The van der Waals surface area contributed by atoms with Crippen molar-refractivity contribution in [3.05, 3.63) is 21.3 Å². The molecule has 3 N–H and O–H groups in total. The van der Waals surface area contributed by atoms with E-state index in [-0.39, 0.29) is 6.04 Å². The van der Waals surface area contributed by atoms with E-state index >= 15 is 0 Å². The minimum Gasteiger partial charge on any atom is -0.480 e. The maximum Gasteiger partial charge on any atom is 0.326 e. The molecule has 1 unspecified atom stereocenters. The van der Waals surface area contributed by atoms with Crippen molar-refractivity contribution < 1.29 is 14.7 Å². The van der Waals surface area contributed by atoms with Crippen molar-refractivity contribution in [1.82, 2.24) is 10.6 Å². The summed E-state index contributed by atoms with van der Waals surface area (Å²) in [7, 11) is 0. The maximum atomic E-state index is 11.9. The predicted molar refractivity (Wildman–Crippen MR) is 80.3 cm³/mol. The van der Waals surface area contributed by atoms with Gasteiger partial charge < -0.3 is 15.7 Å². The van der Waals surface area contributed by atoms with Crippen molar-refractivity contribution in [3.63, 3.8) is 0 Å². The van der Waals surface area contributed by atoms with Crippen LogP contribution in [0.1, 0.15) is 38.6 Å². The van der Waals surface area contributed by atoms with Gasteiger partial charge in [0.05, 0.1) is 10.4 Å². The van der Waals surface area contributed by atoms with Crippen LogP contribution in [0, 0.1) is 5.41 Å². The Bertz CT molecular complexity index is 496. The Morgan fingerprint density at radius 1 is 1.30 bits per heavy atom. The highest BCUT2D eigenvalue weighted by Gasteiger charge is 2.32. The van der Waals surface area contributed by atoms with Gasteiger partial charge in [-0.25, -0.2) is 9.59 Å². The van der Waals surface area contributed by atoms with Crippen molar-refractivity contribution in [3.8, 4) is 0 Å². The van der Waals surface area contributed by atoms with E-state index in [4.69, 9.17) is 16.7 Å². The van der Waals surface area contributed by atoms with Crippen LogP contribution in [0.15, 0.2) is 12.1 Å². The highest BCUT2D eigenvalue weighted by atomic mass is 35.5. The summed E-state index contributed by atoms with van der Waals surface area (Å²) in [5.74, 6) is -1.06. The number of amides is 2. The molecule has 2 atom stereocenters. The molecule has 0 fully saturated rings. The summed E-state index contributed by atoms with van der Waals surface area (Å²) in [6.07, 6.45) is 0. The molecule has 0 saturated carbocycles. The van der Waals surface area contributed by atoms with Gasteiger partial charge in [-0.2, -0.15) is 0 Å². The fraction of sp³-hybridized carbons (Fsp3) is 0.538. The van der Waals surface area contributed by atoms with Crippen LogP contribution in [-0.2, 0) is 4.79 Å². The molecule has 1 aromatic heterocycles. The summed E-state index contributed by atoms with van der Waals surface area (Å²) in [5.41, 5.74) is -0.571. The number of nitrogens with one attached hydrogen (secondary N) is 2. The zero-order chi connectivity index (χ0) is 15.5. The first-order valence-corrected chi connectivity index (χ1v) is 7.35. The molecule has 20 heavy (non-hydrogen) atoms. The Morgan fingerprint density at radius 3 is 2.30 bits per heavy atom. The lowest BCUT2D eigenvalue weighted by Gasteiger charge is -2.28. The lowest BCUT2D eigenvalue weighted by Crippen LogP contribution is -2.52. The third kappa shape index (κ3) is 4.68. The van der Waals surface area contributed by atoms with Crippen molar-refractivity contribution >= 4 is 34.9 Å². The SMILES string of the molecule is CC(NC(=O)N[C@@H](C(=O)O)C(C)(C)C)c1ccc(Cl)s1. The van der Waals surface area contributed by atoms with E-state index in [1.807, 2.05) is 13.0 Å². The lowest BCUT2D eigenvalue weighted by molar-refractivity contribution is -0.141. The normalized spacial score (nSPS) is 14.4. The number of carboxylic acids is 1. The molecule has 7 heteroatoms. The summed E-state index contributed by atoms with van der Waals surface area (Å²) in [6.45, 7) is 7.09. The Labute approximate surface area is 127 Å². The first-order chi connectivity index (χ1) is 9.11. The Morgan fingerprint density at radius 2 is 1.90 bits per heavy atom. The second kappa shape index (κ2) is 6.45. The van der Waals surface area contributed by atoms with Crippen LogP contribution in [0.2, 0.25) is 4.34 Å². The number of rotatable bonds is 4. The molecule has 0 bridgehead atoms. The van der Waals surface area contributed by atoms with Crippen LogP contribution in [0.25, 0.3) is 0 Å². The van der Waals surface area contributed by atoms with Gasteiger partial charge in [-0.15, -0.1) is 11.3 Å². The number of hydrogen-bond acceptors (Lipinski definition) is 3. The number of carboxylic acid groups (broad SMARTS) is 1. The van der Waals surface area contributed by atoms with Crippen LogP contribution in [0.4, 0.5) is 4.79 Å². The van der Waals surface area contributed by atoms with Gasteiger partial charge in [-0.05, 0) is 24.5 Å². The van der Waals surface area contributed by atoms with Crippen LogP contribution in [0.5, 0.6) is 0 Å². The first-order valence-electron chi connectivity index (χ1n) is 6.16. The smallest absolute Gasteiger partial charge is 0.326 e. The fourth-order valence-corrected chi connectivity index (χ4v) is 2.71. The molecular formula is C13H19ClN2O3S. The number of urea groups is 1. The molecule has 0 spiro atoms. The molecule has 1 aromatic rings. The van der Waals surface area contributed by atoms with E-state index in [1.54, 1.807) is 26.8 Å². The molecule has 0 aliphatic carbocycles. The van der Waals surface area contributed by atoms with E-state index < -0.39 is 23.5 Å².